The highest BCUT2D eigenvalue weighted by molar-refractivity contribution is 7.09. The lowest BCUT2D eigenvalue weighted by molar-refractivity contribution is 0.588. The number of hydrogen-bond acceptors (Lipinski definition) is 2. The van der Waals surface area contributed by atoms with E-state index < -0.39 is 0 Å². The molecule has 0 bridgehead atoms. The van der Waals surface area contributed by atoms with Crippen LogP contribution < -0.4 is 0 Å². The van der Waals surface area contributed by atoms with E-state index in [1.54, 1.807) is 11.3 Å². The Morgan fingerprint density at radius 3 is 2.59 bits per heavy atom. The highest BCUT2D eigenvalue weighted by Gasteiger charge is 2.10. The Kier molecular flexibility index (Phi) is 4.57. The zero-order valence-electron chi connectivity index (χ0n) is 9.90. The quantitative estimate of drug-likeness (QED) is 0.742. The van der Waals surface area contributed by atoms with Crippen LogP contribution in [0.15, 0.2) is 36.0 Å². The molecule has 0 fully saturated rings. The Morgan fingerprint density at radius 2 is 2.00 bits per heavy atom. The first-order chi connectivity index (χ1) is 8.28. The van der Waals surface area contributed by atoms with Gasteiger partial charge < -0.3 is 0 Å². The number of hydrogen-bond donors (Lipinski definition) is 0. The molecule has 0 radical (unpaired) electrons. The van der Waals surface area contributed by atoms with Crippen LogP contribution in [-0.4, -0.2) is 10.9 Å². The van der Waals surface area contributed by atoms with E-state index in [0.29, 0.717) is 11.8 Å². The minimum atomic E-state index is 0.500. The first-order valence-electron chi connectivity index (χ1n) is 5.77. The van der Waals surface area contributed by atoms with E-state index in [-0.39, 0.29) is 0 Å². The monoisotopic (exact) mass is 265 g/mol. The molecule has 1 aromatic heterocycles. The van der Waals surface area contributed by atoms with Crippen molar-refractivity contribution in [1.29, 1.82) is 0 Å². The van der Waals surface area contributed by atoms with Crippen molar-refractivity contribution in [3.63, 3.8) is 0 Å². The van der Waals surface area contributed by atoms with Gasteiger partial charge in [-0.15, -0.1) is 22.9 Å². The van der Waals surface area contributed by atoms with Gasteiger partial charge in [0, 0.05) is 17.0 Å². The van der Waals surface area contributed by atoms with Crippen LogP contribution in [0.5, 0.6) is 0 Å². The summed E-state index contributed by atoms with van der Waals surface area (Å²) in [5.74, 6) is 1.20. The summed E-state index contributed by atoms with van der Waals surface area (Å²) in [5, 5.41) is 0. The molecule has 0 amide bonds. The van der Waals surface area contributed by atoms with Gasteiger partial charge in [0.15, 0.2) is 0 Å². The number of thiazole rings is 1. The van der Waals surface area contributed by atoms with Gasteiger partial charge in [-0.25, -0.2) is 0 Å². The number of nitrogens with zero attached hydrogens (tertiary/aromatic N) is 1. The van der Waals surface area contributed by atoms with Gasteiger partial charge in [-0.3, -0.25) is 4.98 Å². The van der Waals surface area contributed by atoms with Gasteiger partial charge in [-0.1, -0.05) is 29.8 Å². The molecule has 1 unspecified atom stereocenters. The van der Waals surface area contributed by atoms with Crippen molar-refractivity contribution in [2.75, 3.05) is 5.88 Å². The van der Waals surface area contributed by atoms with Crippen LogP contribution in [0.25, 0.3) is 0 Å². The fourth-order valence-corrected chi connectivity index (χ4v) is 2.80. The van der Waals surface area contributed by atoms with Gasteiger partial charge in [-0.2, -0.15) is 0 Å². The second-order valence-electron chi connectivity index (χ2n) is 4.38. The SMILES string of the molecule is Cc1ccc(CC(CCl)Cc2cncs2)cc1. The van der Waals surface area contributed by atoms with Gasteiger partial charge in [0.1, 0.15) is 0 Å². The number of aromatic nitrogens is 1. The summed E-state index contributed by atoms with van der Waals surface area (Å²) in [4.78, 5) is 5.43. The molecule has 1 atom stereocenters. The van der Waals surface area contributed by atoms with Crippen LogP contribution in [-0.2, 0) is 12.8 Å². The summed E-state index contributed by atoms with van der Waals surface area (Å²) in [6.45, 7) is 2.11. The third-order valence-electron chi connectivity index (χ3n) is 2.84. The minimum Gasteiger partial charge on any atom is -0.253 e. The second-order valence-corrected chi connectivity index (χ2v) is 5.66. The highest BCUT2D eigenvalue weighted by atomic mass is 35.5. The van der Waals surface area contributed by atoms with Crippen LogP contribution in [0.4, 0.5) is 0 Å². The molecule has 0 aliphatic rings. The van der Waals surface area contributed by atoms with Gasteiger partial charge in [0.05, 0.1) is 5.51 Å². The number of aryl methyl sites for hydroxylation is 1. The van der Waals surface area contributed by atoms with Gasteiger partial charge in [-0.05, 0) is 31.2 Å². The molecular formula is C14H16ClNS. The zero-order valence-corrected chi connectivity index (χ0v) is 11.5. The molecule has 1 aromatic carbocycles. The smallest absolute Gasteiger partial charge is 0.0794 e. The summed E-state index contributed by atoms with van der Waals surface area (Å²) in [6, 6.07) is 8.71. The van der Waals surface area contributed by atoms with Crippen molar-refractivity contribution in [3.05, 3.63) is 52.0 Å². The Bertz CT molecular complexity index is 436. The number of halogens is 1. The van der Waals surface area contributed by atoms with Gasteiger partial charge in [0.25, 0.3) is 0 Å². The maximum atomic E-state index is 6.05. The maximum absolute atomic E-state index is 6.05. The molecule has 2 rings (SSSR count). The lowest BCUT2D eigenvalue weighted by Crippen LogP contribution is -2.09. The van der Waals surface area contributed by atoms with Crippen LogP contribution in [0, 0.1) is 12.8 Å². The van der Waals surface area contributed by atoms with Crippen molar-refractivity contribution in [1.82, 2.24) is 4.98 Å². The third kappa shape index (κ3) is 3.83. The van der Waals surface area contributed by atoms with E-state index in [2.05, 4.69) is 36.2 Å². The predicted molar refractivity (Wildman–Crippen MR) is 74.9 cm³/mol. The highest BCUT2D eigenvalue weighted by Crippen LogP contribution is 2.18. The molecule has 0 saturated heterocycles. The Labute approximate surface area is 111 Å². The predicted octanol–water partition coefficient (Wildman–Crippen LogP) is 4.09. The molecule has 1 nitrogen and oxygen atoms in total. The maximum Gasteiger partial charge on any atom is 0.0794 e. The summed E-state index contributed by atoms with van der Waals surface area (Å²) in [6.07, 6.45) is 4.02. The standard InChI is InChI=1S/C14H16ClNS/c1-11-2-4-12(5-3-11)6-13(8-15)7-14-9-16-10-17-14/h2-5,9-10,13H,6-8H2,1H3. The van der Waals surface area contributed by atoms with Crippen LogP contribution in [0.2, 0.25) is 0 Å². The molecule has 2 aromatic rings. The fourth-order valence-electron chi connectivity index (χ4n) is 1.87. The van der Waals surface area contributed by atoms with Crippen molar-refractivity contribution >= 4 is 22.9 Å². The number of rotatable bonds is 5. The summed E-state index contributed by atoms with van der Waals surface area (Å²) < 4.78 is 0. The summed E-state index contributed by atoms with van der Waals surface area (Å²) >= 11 is 7.76. The molecule has 0 spiro atoms. The van der Waals surface area contributed by atoms with Gasteiger partial charge in [0.2, 0.25) is 0 Å². The van der Waals surface area contributed by atoms with Gasteiger partial charge >= 0.3 is 0 Å². The number of alkyl halides is 1. The van der Waals surface area contributed by atoms with E-state index >= 15 is 0 Å². The lowest BCUT2D eigenvalue weighted by atomic mass is 9.97. The fraction of sp³-hybridized carbons (Fsp3) is 0.357. The minimum absolute atomic E-state index is 0.500. The average Bonchev–Trinajstić information content (AvgIpc) is 2.84. The van der Waals surface area contributed by atoms with E-state index in [1.807, 2.05) is 11.7 Å². The van der Waals surface area contributed by atoms with Crippen molar-refractivity contribution in [3.8, 4) is 0 Å². The van der Waals surface area contributed by atoms with E-state index in [9.17, 15) is 0 Å². The lowest BCUT2D eigenvalue weighted by Gasteiger charge is -2.12. The topological polar surface area (TPSA) is 12.9 Å². The molecule has 0 aliphatic carbocycles. The van der Waals surface area contributed by atoms with E-state index in [0.717, 1.165) is 12.8 Å². The molecule has 0 N–H and O–H groups in total. The first kappa shape index (κ1) is 12.6. The summed E-state index contributed by atoms with van der Waals surface area (Å²) in [5.41, 5.74) is 4.55. The largest absolute Gasteiger partial charge is 0.253 e. The molecule has 0 aliphatic heterocycles. The number of benzene rings is 1. The molecule has 3 heteroatoms. The Balaban J connectivity index is 1.97. The van der Waals surface area contributed by atoms with Crippen molar-refractivity contribution in [2.45, 2.75) is 19.8 Å². The first-order valence-corrected chi connectivity index (χ1v) is 7.18. The van der Waals surface area contributed by atoms with Crippen LogP contribution in [0.3, 0.4) is 0 Å². The summed E-state index contributed by atoms with van der Waals surface area (Å²) in [7, 11) is 0. The third-order valence-corrected chi connectivity index (χ3v) is 4.07. The van der Waals surface area contributed by atoms with Crippen molar-refractivity contribution in [2.24, 2.45) is 5.92 Å². The zero-order chi connectivity index (χ0) is 12.1. The van der Waals surface area contributed by atoms with E-state index in [4.69, 9.17) is 11.6 Å². The molecule has 0 saturated carbocycles. The normalized spacial score (nSPS) is 12.6. The van der Waals surface area contributed by atoms with Crippen LogP contribution in [0.1, 0.15) is 16.0 Å². The Hall–Kier alpha value is -0.860. The average molecular weight is 266 g/mol. The van der Waals surface area contributed by atoms with Crippen LogP contribution >= 0.6 is 22.9 Å². The second kappa shape index (κ2) is 6.18. The Morgan fingerprint density at radius 1 is 1.24 bits per heavy atom. The molecule has 1 heterocycles. The molecule has 17 heavy (non-hydrogen) atoms. The van der Waals surface area contributed by atoms with E-state index in [1.165, 1.54) is 16.0 Å². The molecular weight excluding hydrogens is 250 g/mol. The molecule has 90 valence electrons. The van der Waals surface area contributed by atoms with Crippen molar-refractivity contribution < 1.29 is 0 Å².